The fourth-order valence-electron chi connectivity index (χ4n) is 3.44. The van der Waals surface area contributed by atoms with E-state index in [0.717, 1.165) is 4.90 Å². The molecule has 8 heteroatoms. The van der Waals surface area contributed by atoms with Crippen molar-refractivity contribution in [1.82, 2.24) is 9.36 Å². The van der Waals surface area contributed by atoms with E-state index in [4.69, 9.17) is 0 Å². The van der Waals surface area contributed by atoms with Gasteiger partial charge < -0.3 is 5.32 Å². The molecule has 2 heterocycles. The first kappa shape index (κ1) is 18.4. The van der Waals surface area contributed by atoms with Crippen LogP contribution in [0, 0.1) is 6.92 Å². The molecule has 0 saturated heterocycles. The first-order valence-electron chi connectivity index (χ1n) is 8.99. The minimum Gasteiger partial charge on any atom is -0.318 e. The largest absolute Gasteiger partial charge is 0.318 e. The molecule has 2 aromatic carbocycles. The van der Waals surface area contributed by atoms with E-state index in [-0.39, 0.29) is 23.4 Å². The SMILES string of the molecule is Cc1c(NC(=O)CN2C(=O)C(=O)c3ccccc32)c(=O)n(-c2ccccc2)n1C. The molecule has 0 atom stereocenters. The summed E-state index contributed by atoms with van der Waals surface area (Å²) in [5.41, 5.74) is 1.65. The molecule has 1 aliphatic rings. The van der Waals surface area contributed by atoms with Crippen LogP contribution in [0.25, 0.3) is 5.69 Å². The highest BCUT2D eigenvalue weighted by molar-refractivity contribution is 6.52. The molecule has 0 aliphatic carbocycles. The molecule has 0 bridgehead atoms. The number of nitrogens with zero attached hydrogens (tertiary/aromatic N) is 3. The van der Waals surface area contributed by atoms with E-state index in [0.29, 0.717) is 17.1 Å². The number of aromatic nitrogens is 2. The Labute approximate surface area is 166 Å². The fourth-order valence-corrected chi connectivity index (χ4v) is 3.44. The fraction of sp³-hybridized carbons (Fsp3) is 0.143. The number of fused-ring (bicyclic) bond motifs is 1. The molecule has 1 N–H and O–H groups in total. The Kier molecular flexibility index (Phi) is 4.38. The van der Waals surface area contributed by atoms with Gasteiger partial charge in [-0.25, -0.2) is 4.68 Å². The van der Waals surface area contributed by atoms with Gasteiger partial charge in [-0.1, -0.05) is 30.3 Å². The maximum Gasteiger partial charge on any atom is 0.299 e. The first-order chi connectivity index (χ1) is 13.9. The van der Waals surface area contributed by atoms with Crippen LogP contribution in [-0.2, 0) is 16.6 Å². The van der Waals surface area contributed by atoms with Gasteiger partial charge in [0.2, 0.25) is 5.91 Å². The standard InChI is InChI=1S/C21H18N4O4/c1-13-18(20(28)25(23(13)2)14-8-4-3-5-9-14)22-17(26)12-24-16-11-7-6-10-15(16)19(27)21(24)29/h3-11H,12H2,1-2H3,(H,22,26). The monoisotopic (exact) mass is 390 g/mol. The number of rotatable bonds is 4. The Morgan fingerprint density at radius 3 is 2.34 bits per heavy atom. The smallest absolute Gasteiger partial charge is 0.299 e. The number of ketones is 1. The lowest BCUT2D eigenvalue weighted by Gasteiger charge is -2.15. The third kappa shape index (κ3) is 2.94. The van der Waals surface area contributed by atoms with E-state index in [1.807, 2.05) is 18.2 Å². The number of benzene rings is 2. The number of carbonyl (C=O) groups excluding carboxylic acids is 3. The second-order valence-corrected chi connectivity index (χ2v) is 6.72. The zero-order valence-corrected chi connectivity index (χ0v) is 15.9. The van der Waals surface area contributed by atoms with Crippen molar-refractivity contribution in [2.45, 2.75) is 6.92 Å². The number of Topliss-reactive ketones (excluding diaryl/α,β-unsaturated/α-hetero) is 1. The lowest BCUT2D eigenvalue weighted by atomic mass is 10.1. The van der Waals surface area contributed by atoms with Crippen LogP contribution in [-0.4, -0.2) is 33.5 Å². The summed E-state index contributed by atoms with van der Waals surface area (Å²) in [4.78, 5) is 51.0. The summed E-state index contributed by atoms with van der Waals surface area (Å²) in [7, 11) is 1.72. The van der Waals surface area contributed by atoms with E-state index in [1.54, 1.807) is 55.1 Å². The van der Waals surface area contributed by atoms with E-state index in [1.165, 1.54) is 4.68 Å². The summed E-state index contributed by atoms with van der Waals surface area (Å²) in [6.45, 7) is 1.36. The Morgan fingerprint density at radius 1 is 0.966 bits per heavy atom. The normalized spacial score (nSPS) is 13.0. The lowest BCUT2D eigenvalue weighted by molar-refractivity contribution is -0.118. The van der Waals surface area contributed by atoms with Gasteiger partial charge in [0, 0.05) is 7.05 Å². The summed E-state index contributed by atoms with van der Waals surface area (Å²) >= 11 is 0. The molecule has 146 valence electrons. The molecule has 3 aromatic rings. The molecule has 0 spiro atoms. The number of amides is 2. The quantitative estimate of drug-likeness (QED) is 0.686. The second-order valence-electron chi connectivity index (χ2n) is 6.72. The first-order valence-corrected chi connectivity index (χ1v) is 8.99. The minimum absolute atomic E-state index is 0.132. The number of hydrogen-bond acceptors (Lipinski definition) is 4. The van der Waals surface area contributed by atoms with Crippen LogP contribution in [0.5, 0.6) is 0 Å². The van der Waals surface area contributed by atoms with Gasteiger partial charge in [0.15, 0.2) is 0 Å². The molecule has 0 unspecified atom stereocenters. The summed E-state index contributed by atoms with van der Waals surface area (Å²) in [6, 6.07) is 15.6. The molecular weight excluding hydrogens is 372 g/mol. The van der Waals surface area contributed by atoms with Gasteiger partial charge in [0.25, 0.3) is 17.2 Å². The Hall–Kier alpha value is -3.94. The van der Waals surface area contributed by atoms with Crippen molar-refractivity contribution >= 4 is 29.0 Å². The van der Waals surface area contributed by atoms with E-state index >= 15 is 0 Å². The van der Waals surface area contributed by atoms with Gasteiger partial charge in [-0.05, 0) is 31.2 Å². The maximum atomic E-state index is 12.9. The lowest BCUT2D eigenvalue weighted by Crippen LogP contribution is -2.37. The molecule has 0 fully saturated rings. The Morgan fingerprint density at radius 2 is 1.62 bits per heavy atom. The van der Waals surface area contributed by atoms with Gasteiger partial charge in [-0.3, -0.25) is 28.8 Å². The Balaban J connectivity index is 1.61. The summed E-state index contributed by atoms with van der Waals surface area (Å²) in [5.74, 6) is -1.96. The summed E-state index contributed by atoms with van der Waals surface area (Å²) in [6.07, 6.45) is 0. The molecule has 1 aliphatic heterocycles. The van der Waals surface area contributed by atoms with Gasteiger partial charge >= 0.3 is 0 Å². The van der Waals surface area contributed by atoms with Crippen molar-refractivity contribution in [3.05, 3.63) is 76.2 Å². The van der Waals surface area contributed by atoms with Crippen molar-refractivity contribution in [3.63, 3.8) is 0 Å². The van der Waals surface area contributed by atoms with E-state index in [9.17, 15) is 19.2 Å². The van der Waals surface area contributed by atoms with Crippen LogP contribution in [0.15, 0.2) is 59.4 Å². The number of nitrogens with one attached hydrogen (secondary N) is 1. The predicted octanol–water partition coefficient (Wildman–Crippen LogP) is 1.65. The molecule has 4 rings (SSSR count). The second kappa shape index (κ2) is 6.90. The van der Waals surface area contributed by atoms with Gasteiger partial charge in [0.1, 0.15) is 12.2 Å². The number of hydrogen-bond donors (Lipinski definition) is 1. The third-order valence-electron chi connectivity index (χ3n) is 5.00. The van der Waals surface area contributed by atoms with Crippen LogP contribution in [0.4, 0.5) is 11.4 Å². The van der Waals surface area contributed by atoms with Crippen LogP contribution < -0.4 is 15.8 Å². The van der Waals surface area contributed by atoms with Crippen molar-refractivity contribution in [2.24, 2.45) is 7.05 Å². The van der Waals surface area contributed by atoms with E-state index < -0.39 is 17.6 Å². The van der Waals surface area contributed by atoms with Gasteiger partial charge in [0.05, 0.1) is 22.6 Å². The highest BCUT2D eigenvalue weighted by Gasteiger charge is 2.36. The Bertz CT molecular complexity index is 1210. The highest BCUT2D eigenvalue weighted by atomic mass is 16.2. The summed E-state index contributed by atoms with van der Waals surface area (Å²) in [5, 5.41) is 2.60. The molecule has 29 heavy (non-hydrogen) atoms. The average Bonchev–Trinajstić information content (AvgIpc) is 3.09. The van der Waals surface area contributed by atoms with Crippen molar-refractivity contribution in [3.8, 4) is 5.69 Å². The predicted molar refractivity (Wildman–Crippen MR) is 108 cm³/mol. The zero-order chi connectivity index (χ0) is 20.7. The number of carbonyl (C=O) groups is 3. The number of anilines is 2. The molecule has 1 aromatic heterocycles. The molecular formula is C21H18N4O4. The van der Waals surface area contributed by atoms with Crippen LogP contribution >= 0.6 is 0 Å². The molecule has 0 saturated carbocycles. The van der Waals surface area contributed by atoms with Crippen LogP contribution in [0.2, 0.25) is 0 Å². The minimum atomic E-state index is -0.757. The topological polar surface area (TPSA) is 93.4 Å². The molecule has 2 amide bonds. The third-order valence-corrected chi connectivity index (χ3v) is 5.00. The van der Waals surface area contributed by atoms with Crippen LogP contribution in [0.3, 0.4) is 0 Å². The van der Waals surface area contributed by atoms with Gasteiger partial charge in [-0.2, -0.15) is 0 Å². The van der Waals surface area contributed by atoms with Gasteiger partial charge in [-0.15, -0.1) is 0 Å². The highest BCUT2D eigenvalue weighted by Crippen LogP contribution is 2.28. The average molecular weight is 390 g/mol. The zero-order valence-electron chi connectivity index (χ0n) is 15.9. The molecule has 0 radical (unpaired) electrons. The van der Waals surface area contributed by atoms with Crippen LogP contribution in [0.1, 0.15) is 16.1 Å². The maximum absolute atomic E-state index is 12.9. The summed E-state index contributed by atoms with van der Waals surface area (Å²) < 4.78 is 3.10. The van der Waals surface area contributed by atoms with Crippen molar-refractivity contribution < 1.29 is 14.4 Å². The number of para-hydroxylation sites is 2. The molecule has 8 nitrogen and oxygen atoms in total. The van der Waals surface area contributed by atoms with Crippen molar-refractivity contribution in [2.75, 3.05) is 16.8 Å². The van der Waals surface area contributed by atoms with E-state index in [2.05, 4.69) is 5.32 Å². The van der Waals surface area contributed by atoms with Crippen molar-refractivity contribution in [1.29, 1.82) is 0 Å².